The molecule has 0 aliphatic carbocycles. The molecule has 0 bridgehead atoms. The number of methoxy groups -OCH3 is 2. The highest BCUT2D eigenvalue weighted by Gasteiger charge is 2.19. The molecule has 0 aliphatic heterocycles. The lowest BCUT2D eigenvalue weighted by molar-refractivity contribution is 0.102. The Bertz CT molecular complexity index is 1180. The smallest absolute Gasteiger partial charge is 0.259 e. The molecule has 1 N–H and O–H groups in total. The Labute approximate surface area is 178 Å². The van der Waals surface area contributed by atoms with E-state index in [2.05, 4.69) is 10.4 Å². The summed E-state index contributed by atoms with van der Waals surface area (Å²) in [5, 5.41) is 7.46. The second-order valence-corrected chi connectivity index (χ2v) is 6.73. The Balaban J connectivity index is 1.75. The van der Waals surface area contributed by atoms with E-state index >= 15 is 0 Å². The Morgan fingerprint density at radius 3 is 2.19 bits per heavy atom. The van der Waals surface area contributed by atoms with Gasteiger partial charge in [0.25, 0.3) is 5.91 Å². The lowest BCUT2D eigenvalue weighted by Crippen LogP contribution is -2.12. The van der Waals surface area contributed by atoms with E-state index in [1.54, 1.807) is 41.2 Å². The second-order valence-electron chi connectivity index (χ2n) is 6.73. The number of para-hydroxylation sites is 1. The van der Waals surface area contributed by atoms with Crippen molar-refractivity contribution >= 4 is 11.6 Å². The van der Waals surface area contributed by atoms with Crippen molar-refractivity contribution in [3.8, 4) is 28.4 Å². The molecule has 0 atom stereocenters. The van der Waals surface area contributed by atoms with Gasteiger partial charge in [0.05, 0.1) is 25.5 Å². The SMILES string of the molecule is COc1cc(NC(=O)c2cn(-c3ccccc3)nc2-c2ccc(F)cc2)cc(OC)c1. The van der Waals surface area contributed by atoms with Crippen LogP contribution in [0.15, 0.2) is 79.0 Å². The van der Waals surface area contributed by atoms with Crippen LogP contribution in [0.4, 0.5) is 10.1 Å². The van der Waals surface area contributed by atoms with E-state index < -0.39 is 0 Å². The van der Waals surface area contributed by atoms with Gasteiger partial charge in [-0.3, -0.25) is 4.79 Å². The number of nitrogens with one attached hydrogen (secondary N) is 1. The maximum atomic E-state index is 13.4. The first-order valence-electron chi connectivity index (χ1n) is 9.53. The minimum Gasteiger partial charge on any atom is -0.497 e. The minimum absolute atomic E-state index is 0.345. The van der Waals surface area contributed by atoms with Crippen molar-refractivity contribution < 1.29 is 18.7 Å². The monoisotopic (exact) mass is 417 g/mol. The molecule has 156 valence electrons. The van der Waals surface area contributed by atoms with E-state index in [-0.39, 0.29) is 11.7 Å². The molecule has 0 unspecified atom stereocenters. The molecule has 0 aliphatic rings. The van der Waals surface area contributed by atoms with Crippen molar-refractivity contribution in [2.24, 2.45) is 0 Å². The van der Waals surface area contributed by atoms with E-state index in [9.17, 15) is 9.18 Å². The zero-order valence-corrected chi connectivity index (χ0v) is 17.0. The van der Waals surface area contributed by atoms with Crippen LogP contribution in [0, 0.1) is 5.82 Å². The molecule has 0 fully saturated rings. The molecular formula is C24H20FN3O3. The first-order chi connectivity index (χ1) is 15.1. The predicted octanol–water partition coefficient (Wildman–Crippen LogP) is 4.95. The highest BCUT2D eigenvalue weighted by Crippen LogP contribution is 2.28. The molecule has 0 spiro atoms. The zero-order chi connectivity index (χ0) is 21.8. The standard InChI is InChI=1S/C24H20FN3O3/c1-30-20-12-18(13-21(14-20)31-2)26-24(29)22-15-28(19-6-4-3-5-7-19)27-23(22)16-8-10-17(25)11-9-16/h3-15H,1-2H3,(H,26,29). The van der Waals surface area contributed by atoms with Gasteiger partial charge in [0, 0.05) is 35.6 Å². The summed E-state index contributed by atoms with van der Waals surface area (Å²) in [7, 11) is 3.08. The fourth-order valence-corrected chi connectivity index (χ4v) is 3.15. The normalized spacial score (nSPS) is 10.5. The number of aromatic nitrogens is 2. The van der Waals surface area contributed by atoms with Crippen molar-refractivity contribution in [3.63, 3.8) is 0 Å². The Kier molecular flexibility index (Phi) is 5.66. The molecule has 3 aromatic carbocycles. The van der Waals surface area contributed by atoms with Crippen molar-refractivity contribution in [1.29, 1.82) is 0 Å². The van der Waals surface area contributed by atoms with Crippen molar-refractivity contribution in [3.05, 3.63) is 90.4 Å². The first-order valence-corrected chi connectivity index (χ1v) is 9.53. The highest BCUT2D eigenvalue weighted by atomic mass is 19.1. The maximum absolute atomic E-state index is 13.4. The van der Waals surface area contributed by atoms with E-state index in [4.69, 9.17) is 9.47 Å². The number of rotatable bonds is 6. The van der Waals surface area contributed by atoms with Gasteiger partial charge in [-0.15, -0.1) is 0 Å². The van der Waals surface area contributed by atoms with Crippen LogP contribution in [-0.2, 0) is 0 Å². The Hall–Kier alpha value is -4.13. The summed E-state index contributed by atoms with van der Waals surface area (Å²) in [6, 6.07) is 20.4. The predicted molar refractivity (Wildman–Crippen MR) is 116 cm³/mol. The molecule has 4 rings (SSSR count). The number of nitrogens with zero attached hydrogens (tertiary/aromatic N) is 2. The fourth-order valence-electron chi connectivity index (χ4n) is 3.15. The molecule has 0 saturated heterocycles. The topological polar surface area (TPSA) is 65.4 Å². The largest absolute Gasteiger partial charge is 0.497 e. The molecule has 0 radical (unpaired) electrons. The van der Waals surface area contributed by atoms with Crippen LogP contribution in [0.25, 0.3) is 16.9 Å². The molecule has 4 aromatic rings. The van der Waals surface area contributed by atoms with Crippen LogP contribution in [0.1, 0.15) is 10.4 Å². The number of amides is 1. The lowest BCUT2D eigenvalue weighted by Gasteiger charge is -2.10. The van der Waals surface area contributed by atoms with Crippen LogP contribution >= 0.6 is 0 Å². The lowest BCUT2D eigenvalue weighted by atomic mass is 10.1. The summed E-state index contributed by atoms with van der Waals surface area (Å²) in [5.41, 5.74) is 2.73. The van der Waals surface area contributed by atoms with Crippen LogP contribution in [0.5, 0.6) is 11.5 Å². The zero-order valence-electron chi connectivity index (χ0n) is 17.0. The first kappa shape index (κ1) is 20.2. The Morgan fingerprint density at radius 1 is 0.935 bits per heavy atom. The van der Waals surface area contributed by atoms with Gasteiger partial charge in [-0.1, -0.05) is 18.2 Å². The number of benzene rings is 3. The van der Waals surface area contributed by atoms with E-state index in [1.807, 2.05) is 30.3 Å². The second kappa shape index (κ2) is 8.71. The number of halogens is 1. The fraction of sp³-hybridized carbons (Fsp3) is 0.0833. The summed E-state index contributed by atoms with van der Waals surface area (Å²) in [5.74, 6) is 0.374. The summed E-state index contributed by atoms with van der Waals surface area (Å²) in [4.78, 5) is 13.2. The molecule has 1 amide bonds. The van der Waals surface area contributed by atoms with Crippen LogP contribution in [0.3, 0.4) is 0 Å². The van der Waals surface area contributed by atoms with Gasteiger partial charge in [0.15, 0.2) is 0 Å². The molecule has 31 heavy (non-hydrogen) atoms. The van der Waals surface area contributed by atoms with E-state index in [0.717, 1.165) is 5.69 Å². The summed E-state index contributed by atoms with van der Waals surface area (Å²) in [6.45, 7) is 0. The van der Waals surface area contributed by atoms with Gasteiger partial charge in [-0.2, -0.15) is 5.10 Å². The number of anilines is 1. The van der Waals surface area contributed by atoms with E-state index in [1.165, 1.54) is 26.4 Å². The van der Waals surface area contributed by atoms with E-state index in [0.29, 0.717) is 34.0 Å². The van der Waals surface area contributed by atoms with Gasteiger partial charge in [-0.25, -0.2) is 9.07 Å². The molecule has 0 saturated carbocycles. The van der Waals surface area contributed by atoms with Crippen LogP contribution < -0.4 is 14.8 Å². The molecule has 6 nitrogen and oxygen atoms in total. The third kappa shape index (κ3) is 4.40. The highest BCUT2D eigenvalue weighted by molar-refractivity contribution is 6.08. The molecule has 7 heteroatoms. The van der Waals surface area contributed by atoms with Crippen molar-refractivity contribution in [1.82, 2.24) is 9.78 Å². The van der Waals surface area contributed by atoms with Gasteiger partial charge < -0.3 is 14.8 Å². The van der Waals surface area contributed by atoms with Gasteiger partial charge in [0.1, 0.15) is 23.0 Å². The third-order valence-electron chi connectivity index (χ3n) is 4.71. The van der Waals surface area contributed by atoms with Crippen molar-refractivity contribution in [2.75, 3.05) is 19.5 Å². The minimum atomic E-state index is -0.364. The number of carbonyl (C=O) groups excluding carboxylic acids is 1. The van der Waals surface area contributed by atoms with Gasteiger partial charge >= 0.3 is 0 Å². The van der Waals surface area contributed by atoms with Crippen LogP contribution in [0.2, 0.25) is 0 Å². The summed E-state index contributed by atoms with van der Waals surface area (Å²) in [6.07, 6.45) is 1.65. The number of hydrogen-bond donors (Lipinski definition) is 1. The number of carbonyl (C=O) groups is 1. The maximum Gasteiger partial charge on any atom is 0.259 e. The number of ether oxygens (including phenoxy) is 2. The van der Waals surface area contributed by atoms with Crippen molar-refractivity contribution in [2.45, 2.75) is 0 Å². The molecular weight excluding hydrogens is 397 g/mol. The molecule has 1 aromatic heterocycles. The average Bonchev–Trinajstić information content (AvgIpc) is 3.25. The average molecular weight is 417 g/mol. The summed E-state index contributed by atoms with van der Waals surface area (Å²) < 4.78 is 25.6. The van der Waals surface area contributed by atoms with Crippen LogP contribution in [-0.4, -0.2) is 29.9 Å². The quantitative estimate of drug-likeness (QED) is 0.482. The van der Waals surface area contributed by atoms with Gasteiger partial charge in [0.2, 0.25) is 0 Å². The number of hydrogen-bond acceptors (Lipinski definition) is 4. The third-order valence-corrected chi connectivity index (χ3v) is 4.71. The van der Waals surface area contributed by atoms with Gasteiger partial charge in [-0.05, 0) is 36.4 Å². The molecule has 1 heterocycles. The summed E-state index contributed by atoms with van der Waals surface area (Å²) >= 11 is 0. The Morgan fingerprint density at radius 2 is 1.58 bits per heavy atom.